The van der Waals surface area contributed by atoms with E-state index in [1.54, 1.807) is 20.9 Å². The Bertz CT molecular complexity index is 3520. The average molecular weight is 1330 g/mol. The molecule has 2 saturated heterocycles. The molecule has 7 aromatic rings. The number of thioether (sulfide) groups is 2. The molecular formula is C72H88N6O2S8. The molecule has 3 aromatic carbocycles. The molecule has 0 radical (unpaired) electrons. The summed E-state index contributed by atoms with van der Waals surface area (Å²) in [6.07, 6.45) is 27.8. The zero-order valence-corrected chi connectivity index (χ0v) is 59.9. The third-order valence-electron chi connectivity index (χ3n) is 20.3. The maximum Gasteiger partial charge on any atom is 0.266 e. The van der Waals surface area contributed by atoms with E-state index < -0.39 is 0 Å². The van der Waals surface area contributed by atoms with Gasteiger partial charge in [0.25, 0.3) is 11.8 Å². The van der Waals surface area contributed by atoms with Crippen molar-refractivity contribution in [1.29, 1.82) is 0 Å². The monoisotopic (exact) mass is 1320 g/mol. The first kappa shape index (κ1) is 65.5. The van der Waals surface area contributed by atoms with Crippen LogP contribution in [0.2, 0.25) is 0 Å². The number of thiophene rings is 2. The van der Waals surface area contributed by atoms with Crippen molar-refractivity contribution in [2.45, 2.75) is 208 Å². The first-order valence-electron chi connectivity index (χ1n) is 33.3. The van der Waals surface area contributed by atoms with Crippen LogP contribution in [-0.4, -0.2) is 60.8 Å². The van der Waals surface area contributed by atoms with Crippen molar-refractivity contribution in [3.63, 3.8) is 0 Å². The van der Waals surface area contributed by atoms with Crippen LogP contribution in [0, 0.1) is 23.7 Å². The van der Waals surface area contributed by atoms with Crippen molar-refractivity contribution in [2.75, 3.05) is 13.1 Å². The molecule has 4 atom stereocenters. The lowest BCUT2D eigenvalue weighted by molar-refractivity contribution is -0.122. The van der Waals surface area contributed by atoms with Crippen molar-refractivity contribution in [3.05, 3.63) is 91.7 Å². The summed E-state index contributed by atoms with van der Waals surface area (Å²) in [6.45, 7) is 24.3. The van der Waals surface area contributed by atoms with Gasteiger partial charge >= 0.3 is 0 Å². The molecule has 0 spiro atoms. The Hall–Kier alpha value is -4.00. The van der Waals surface area contributed by atoms with Gasteiger partial charge in [-0.3, -0.25) is 19.4 Å². The minimum Gasteiger partial charge on any atom is -0.293 e. The Labute approximate surface area is 559 Å². The van der Waals surface area contributed by atoms with Gasteiger partial charge < -0.3 is 0 Å². The molecule has 6 heterocycles. The van der Waals surface area contributed by atoms with Gasteiger partial charge in [-0.25, -0.2) is 0 Å². The van der Waals surface area contributed by atoms with Crippen LogP contribution in [-0.2, 0) is 20.4 Å². The summed E-state index contributed by atoms with van der Waals surface area (Å²) < 4.78 is 21.3. The van der Waals surface area contributed by atoms with Crippen molar-refractivity contribution < 1.29 is 9.59 Å². The molecule has 2 amide bonds. The summed E-state index contributed by atoms with van der Waals surface area (Å²) in [6, 6.07) is 19.7. The van der Waals surface area contributed by atoms with E-state index in [1.807, 2.05) is 48.7 Å². The van der Waals surface area contributed by atoms with E-state index >= 15 is 0 Å². The fourth-order valence-electron chi connectivity index (χ4n) is 15.2. The second-order valence-corrected chi connectivity index (χ2v) is 32.0. The number of carbonyl (C=O) groups excluding carboxylic acids is 2. The smallest absolute Gasteiger partial charge is 0.266 e. The predicted molar refractivity (Wildman–Crippen MR) is 390 cm³/mol. The molecule has 4 unspecified atom stereocenters. The van der Waals surface area contributed by atoms with Crippen molar-refractivity contribution in [1.82, 2.24) is 27.3 Å². The average Bonchev–Trinajstić information content (AvgIpc) is 1.52. The topological polar surface area (TPSA) is 92.2 Å². The number of hydrogen-bond donors (Lipinski definition) is 0. The molecule has 88 heavy (non-hydrogen) atoms. The zero-order chi connectivity index (χ0) is 62.0. The number of hydrogen-bond acceptors (Lipinski definition) is 14. The second-order valence-electron chi connectivity index (χ2n) is 25.5. The lowest BCUT2D eigenvalue weighted by Crippen LogP contribution is -2.32. The number of nitrogens with zero attached hydrogens (tertiary/aromatic N) is 6. The number of unbranched alkanes of at least 4 members (excludes halogenated alkanes) is 4. The largest absolute Gasteiger partial charge is 0.293 e. The predicted octanol–water partition coefficient (Wildman–Crippen LogP) is 22.6. The lowest BCUT2D eigenvalue weighted by atomic mass is 9.63. The molecule has 16 heteroatoms. The van der Waals surface area contributed by atoms with Crippen LogP contribution in [0.15, 0.2) is 58.3 Å². The molecule has 2 aliphatic heterocycles. The van der Waals surface area contributed by atoms with Crippen LogP contribution in [0.25, 0.3) is 76.0 Å². The van der Waals surface area contributed by atoms with Crippen LogP contribution < -0.4 is 0 Å². The van der Waals surface area contributed by atoms with Gasteiger partial charge in [0.2, 0.25) is 0 Å². The van der Waals surface area contributed by atoms with Gasteiger partial charge in [0.15, 0.2) is 0 Å². The first-order chi connectivity index (χ1) is 42.8. The van der Waals surface area contributed by atoms with Crippen molar-refractivity contribution in [2.24, 2.45) is 23.7 Å². The minimum absolute atomic E-state index is 0.0399. The number of likely N-dealkylation sites (N-methyl/N-ethyl adjacent to an activating group) is 2. The Morgan fingerprint density at radius 1 is 0.455 bits per heavy atom. The summed E-state index contributed by atoms with van der Waals surface area (Å²) in [5.74, 6) is 2.21. The van der Waals surface area contributed by atoms with Gasteiger partial charge in [-0.15, -0.1) is 22.7 Å². The normalized spacial score (nSPS) is 20.4. The number of rotatable bonds is 30. The number of carbonyl (C=O) groups is 2. The SMILES string of the molecule is CCCCC(CC)CC1(CC(CC)CCCC)c2cc3c(cc2-c2sc(-c4ccc(/C=C5/SC(=S)N(CC)C5=O)c5nsnc45)cc21)C(CC(CC)CCCC)(CC(CC)CCCC)c1cc(-c2ccc(/C=C4/SC(=S)N(CC)C4=O)c4nsnc24)sc1-3. The second kappa shape index (κ2) is 28.5. The number of aromatic nitrogens is 4. The summed E-state index contributed by atoms with van der Waals surface area (Å²) in [7, 11) is 0. The summed E-state index contributed by atoms with van der Waals surface area (Å²) in [5.41, 5.74) is 16.2. The highest BCUT2D eigenvalue weighted by Crippen LogP contribution is 2.66. The molecule has 11 rings (SSSR count). The highest BCUT2D eigenvalue weighted by molar-refractivity contribution is 8.27. The molecule has 2 aliphatic carbocycles. The van der Waals surface area contributed by atoms with E-state index in [9.17, 15) is 9.59 Å². The summed E-state index contributed by atoms with van der Waals surface area (Å²) >= 11 is 20.5. The molecule has 466 valence electrons. The van der Waals surface area contributed by atoms with Gasteiger partial charge in [0.05, 0.1) is 33.3 Å². The summed E-state index contributed by atoms with van der Waals surface area (Å²) in [5, 5.41) is 0. The van der Waals surface area contributed by atoms with Crippen LogP contribution in [0.1, 0.15) is 231 Å². The maximum absolute atomic E-state index is 13.5. The van der Waals surface area contributed by atoms with E-state index in [1.165, 1.54) is 166 Å². The van der Waals surface area contributed by atoms with E-state index in [0.29, 0.717) is 55.2 Å². The molecule has 4 aromatic heterocycles. The molecule has 0 N–H and O–H groups in total. The molecule has 2 fully saturated rings. The van der Waals surface area contributed by atoms with Crippen molar-refractivity contribution >= 4 is 149 Å². The van der Waals surface area contributed by atoms with Crippen molar-refractivity contribution in [3.8, 4) is 41.8 Å². The van der Waals surface area contributed by atoms with Crippen LogP contribution in [0.3, 0.4) is 0 Å². The number of thiocarbonyl (C=S) groups is 2. The number of benzene rings is 3. The van der Waals surface area contributed by atoms with E-state index in [-0.39, 0.29) is 22.6 Å². The Balaban J connectivity index is 1.15. The molecular weight excluding hydrogens is 1240 g/mol. The lowest BCUT2D eigenvalue weighted by Gasteiger charge is -2.40. The quantitative estimate of drug-likeness (QED) is 0.0320. The minimum atomic E-state index is -0.198. The first-order valence-corrected chi connectivity index (χ1v) is 38.8. The molecule has 0 bridgehead atoms. The molecule has 0 saturated carbocycles. The fraction of sp³-hybridized carbons (Fsp3) is 0.528. The van der Waals surface area contributed by atoms with Crippen LogP contribution >= 0.6 is 94.1 Å². The highest BCUT2D eigenvalue weighted by atomic mass is 32.2. The summed E-state index contributed by atoms with van der Waals surface area (Å²) in [4.78, 5) is 37.1. The van der Waals surface area contributed by atoms with Gasteiger partial charge in [-0.2, -0.15) is 17.5 Å². The molecule has 8 nitrogen and oxygen atoms in total. The Kier molecular flexibility index (Phi) is 21.2. The molecule has 4 aliphatic rings. The zero-order valence-electron chi connectivity index (χ0n) is 53.4. The fourth-order valence-corrected chi connectivity index (χ4v) is 21.8. The number of fused-ring (bicyclic) bond motifs is 8. The van der Waals surface area contributed by atoms with Crippen LogP contribution in [0.4, 0.5) is 0 Å². The van der Waals surface area contributed by atoms with E-state index in [4.69, 9.17) is 41.9 Å². The Morgan fingerprint density at radius 3 is 1.10 bits per heavy atom. The van der Waals surface area contributed by atoms with E-state index in [0.717, 1.165) is 95.7 Å². The van der Waals surface area contributed by atoms with Gasteiger partial charge in [0, 0.05) is 65.7 Å². The highest BCUT2D eigenvalue weighted by Gasteiger charge is 2.52. The third kappa shape index (κ3) is 12.2. The maximum atomic E-state index is 13.5. The Morgan fingerprint density at radius 2 is 0.795 bits per heavy atom. The van der Waals surface area contributed by atoms with Crippen LogP contribution in [0.5, 0.6) is 0 Å². The van der Waals surface area contributed by atoms with E-state index in [2.05, 4.69) is 104 Å². The van der Waals surface area contributed by atoms with Gasteiger partial charge in [-0.1, -0.05) is 230 Å². The van der Waals surface area contributed by atoms with Gasteiger partial charge in [-0.05, 0) is 133 Å². The standard InChI is InChI=1S/C72H88N6O2S8/c1-11-21-25-43(15-5)39-71(40-44(16-6)26-22-12-2)53-35-52-54(36-51(53)65-55(71)37-57(83-65)49-31-29-47(61-63(49)75-87-73-61)33-59-67(79)77(19-9)69(81)85-59)72(41-45(17-7)27-23-13-3,42-46(18-8)28-24-14-4)56-38-58(84-66(52)56)50-32-30-48(62-64(50)76-88-74-62)34-60-68(80)78(20-10)70(82)86-60/h29-38,43-46H,11-28,39-42H2,1-10H3/b59-33+,60-34+. The number of amides is 2. The third-order valence-corrected chi connectivity index (χ3v) is 26.5. The van der Waals surface area contributed by atoms with Gasteiger partial charge in [0.1, 0.15) is 30.7 Å².